The van der Waals surface area contributed by atoms with E-state index in [1.807, 2.05) is 0 Å². The number of carboxylic acids is 1. The summed E-state index contributed by atoms with van der Waals surface area (Å²) in [4.78, 5) is 23.1. The third-order valence-corrected chi connectivity index (χ3v) is 4.02. The predicted octanol–water partition coefficient (Wildman–Crippen LogP) is 3.59. The second-order valence-electron chi connectivity index (χ2n) is 4.78. The SMILES string of the molecule is O=C(O)c1sccc1Oc1ccccc1NC(=O)C1CC1. The molecule has 1 aliphatic rings. The molecule has 6 heteroatoms. The van der Waals surface area contributed by atoms with E-state index in [-0.39, 0.29) is 22.5 Å². The molecule has 1 aromatic heterocycles. The van der Waals surface area contributed by atoms with E-state index < -0.39 is 5.97 Å². The number of rotatable bonds is 5. The van der Waals surface area contributed by atoms with Crippen LogP contribution in [0.25, 0.3) is 0 Å². The molecule has 0 atom stereocenters. The highest BCUT2D eigenvalue weighted by Gasteiger charge is 2.30. The molecule has 108 valence electrons. The number of carbonyl (C=O) groups excluding carboxylic acids is 1. The van der Waals surface area contributed by atoms with Crippen molar-refractivity contribution in [1.29, 1.82) is 0 Å². The quantitative estimate of drug-likeness (QED) is 0.885. The number of aromatic carboxylic acids is 1. The van der Waals surface area contributed by atoms with Crippen molar-refractivity contribution >= 4 is 28.9 Å². The lowest BCUT2D eigenvalue weighted by Crippen LogP contribution is -2.13. The predicted molar refractivity (Wildman–Crippen MR) is 79.1 cm³/mol. The Hall–Kier alpha value is -2.34. The summed E-state index contributed by atoms with van der Waals surface area (Å²) in [6.45, 7) is 0. The zero-order valence-electron chi connectivity index (χ0n) is 11.0. The number of thiophene rings is 1. The molecule has 1 heterocycles. The first-order valence-corrected chi connectivity index (χ1v) is 7.41. The molecule has 0 aliphatic heterocycles. The van der Waals surface area contributed by atoms with Crippen LogP contribution in [0.15, 0.2) is 35.7 Å². The second kappa shape index (κ2) is 5.57. The first-order chi connectivity index (χ1) is 10.1. The molecule has 2 aromatic rings. The van der Waals surface area contributed by atoms with Gasteiger partial charge < -0.3 is 15.2 Å². The summed E-state index contributed by atoms with van der Waals surface area (Å²) in [5.41, 5.74) is 0.553. The lowest BCUT2D eigenvalue weighted by molar-refractivity contribution is -0.117. The van der Waals surface area contributed by atoms with Gasteiger partial charge in [-0.2, -0.15) is 0 Å². The van der Waals surface area contributed by atoms with E-state index in [1.54, 1.807) is 35.7 Å². The Kier molecular flexibility index (Phi) is 3.62. The first kappa shape index (κ1) is 13.6. The smallest absolute Gasteiger partial charge is 0.349 e. The minimum atomic E-state index is -1.03. The van der Waals surface area contributed by atoms with Gasteiger partial charge in [0, 0.05) is 5.92 Å². The Morgan fingerprint density at radius 2 is 1.95 bits per heavy atom. The zero-order valence-corrected chi connectivity index (χ0v) is 11.9. The van der Waals surface area contributed by atoms with Crippen LogP contribution >= 0.6 is 11.3 Å². The molecular weight excluding hydrogens is 290 g/mol. The fourth-order valence-electron chi connectivity index (χ4n) is 1.89. The molecule has 0 unspecified atom stereocenters. The summed E-state index contributed by atoms with van der Waals surface area (Å²) < 4.78 is 5.66. The first-order valence-electron chi connectivity index (χ1n) is 6.53. The summed E-state index contributed by atoms with van der Waals surface area (Å²) >= 11 is 1.10. The summed E-state index contributed by atoms with van der Waals surface area (Å²) in [5, 5.41) is 13.6. The molecule has 5 nitrogen and oxygen atoms in total. The number of anilines is 1. The van der Waals surface area contributed by atoms with E-state index >= 15 is 0 Å². The van der Waals surface area contributed by atoms with Gasteiger partial charge in [0.05, 0.1) is 5.69 Å². The monoisotopic (exact) mass is 303 g/mol. The van der Waals surface area contributed by atoms with Crippen molar-refractivity contribution < 1.29 is 19.4 Å². The molecular formula is C15H13NO4S. The average Bonchev–Trinajstić information content (AvgIpc) is 3.21. The maximum Gasteiger partial charge on any atom is 0.349 e. The number of benzene rings is 1. The normalized spacial score (nSPS) is 13.7. The summed E-state index contributed by atoms with van der Waals surface area (Å²) in [6, 6.07) is 8.61. The van der Waals surface area contributed by atoms with Gasteiger partial charge in [0.2, 0.25) is 5.91 Å². The third kappa shape index (κ3) is 3.05. The van der Waals surface area contributed by atoms with Crippen LogP contribution in [0.5, 0.6) is 11.5 Å². The fourth-order valence-corrected chi connectivity index (χ4v) is 2.55. The van der Waals surface area contributed by atoms with Gasteiger partial charge in [0.25, 0.3) is 0 Å². The standard InChI is InChI=1S/C15H13NO4S/c17-14(9-5-6-9)16-10-3-1-2-4-11(10)20-12-7-8-21-13(12)15(18)19/h1-4,7-9H,5-6H2,(H,16,17)(H,18,19). The van der Waals surface area contributed by atoms with E-state index in [9.17, 15) is 9.59 Å². The van der Waals surface area contributed by atoms with Gasteiger partial charge in [-0.05, 0) is 36.4 Å². The van der Waals surface area contributed by atoms with Gasteiger partial charge in [0.15, 0.2) is 16.4 Å². The van der Waals surface area contributed by atoms with Crippen molar-refractivity contribution in [3.05, 3.63) is 40.6 Å². The Morgan fingerprint density at radius 1 is 1.19 bits per heavy atom. The summed E-state index contributed by atoms with van der Waals surface area (Å²) in [6.07, 6.45) is 1.84. The van der Waals surface area contributed by atoms with Crippen molar-refractivity contribution in [3.8, 4) is 11.5 Å². The maximum atomic E-state index is 11.8. The Balaban J connectivity index is 1.83. The van der Waals surface area contributed by atoms with Crippen LogP contribution in [0.4, 0.5) is 5.69 Å². The van der Waals surface area contributed by atoms with Gasteiger partial charge in [-0.25, -0.2) is 4.79 Å². The van der Waals surface area contributed by atoms with E-state index in [4.69, 9.17) is 9.84 Å². The average molecular weight is 303 g/mol. The van der Waals surface area contributed by atoms with E-state index in [2.05, 4.69) is 5.32 Å². The second-order valence-corrected chi connectivity index (χ2v) is 5.70. The number of carboxylic acid groups (broad SMARTS) is 1. The molecule has 0 saturated heterocycles. The number of carbonyl (C=O) groups is 2. The van der Waals surface area contributed by atoms with Gasteiger partial charge in [-0.3, -0.25) is 4.79 Å². The molecule has 3 rings (SSSR count). The highest BCUT2D eigenvalue weighted by Crippen LogP contribution is 2.35. The number of hydrogen-bond acceptors (Lipinski definition) is 4. The topological polar surface area (TPSA) is 75.6 Å². The number of amides is 1. The molecule has 0 spiro atoms. The van der Waals surface area contributed by atoms with Crippen LogP contribution in [0.1, 0.15) is 22.5 Å². The number of nitrogens with one attached hydrogen (secondary N) is 1. The molecule has 21 heavy (non-hydrogen) atoms. The lowest BCUT2D eigenvalue weighted by Gasteiger charge is -2.11. The van der Waals surface area contributed by atoms with Crippen molar-refractivity contribution in [2.45, 2.75) is 12.8 Å². The zero-order chi connectivity index (χ0) is 14.8. The highest BCUT2D eigenvalue weighted by molar-refractivity contribution is 7.12. The van der Waals surface area contributed by atoms with Crippen LogP contribution in [0.3, 0.4) is 0 Å². The molecule has 1 amide bonds. The molecule has 0 radical (unpaired) electrons. The lowest BCUT2D eigenvalue weighted by atomic mass is 10.2. The van der Waals surface area contributed by atoms with E-state index in [0.717, 1.165) is 24.2 Å². The highest BCUT2D eigenvalue weighted by atomic mass is 32.1. The summed E-state index contributed by atoms with van der Waals surface area (Å²) in [5.74, 6) is -0.240. The molecule has 0 bridgehead atoms. The molecule has 1 saturated carbocycles. The molecule has 2 N–H and O–H groups in total. The minimum Gasteiger partial charge on any atom is -0.477 e. The molecule has 1 aliphatic carbocycles. The summed E-state index contributed by atoms with van der Waals surface area (Å²) in [7, 11) is 0. The van der Waals surface area contributed by atoms with Gasteiger partial charge in [-0.15, -0.1) is 11.3 Å². The Morgan fingerprint density at radius 3 is 2.67 bits per heavy atom. The number of hydrogen-bond donors (Lipinski definition) is 2. The van der Waals surface area contributed by atoms with Crippen LogP contribution in [-0.2, 0) is 4.79 Å². The van der Waals surface area contributed by atoms with Crippen LogP contribution in [0.2, 0.25) is 0 Å². The fraction of sp³-hybridized carbons (Fsp3) is 0.200. The number of ether oxygens (including phenoxy) is 1. The largest absolute Gasteiger partial charge is 0.477 e. The number of para-hydroxylation sites is 2. The van der Waals surface area contributed by atoms with E-state index in [1.165, 1.54) is 0 Å². The van der Waals surface area contributed by atoms with E-state index in [0.29, 0.717) is 11.4 Å². The molecule has 1 aromatic carbocycles. The van der Waals surface area contributed by atoms with Gasteiger partial charge >= 0.3 is 5.97 Å². The van der Waals surface area contributed by atoms with Gasteiger partial charge in [0.1, 0.15) is 0 Å². The van der Waals surface area contributed by atoms with Crippen molar-refractivity contribution in [3.63, 3.8) is 0 Å². The molecule has 1 fully saturated rings. The van der Waals surface area contributed by atoms with Crippen molar-refractivity contribution in [1.82, 2.24) is 0 Å². The van der Waals surface area contributed by atoms with Crippen LogP contribution in [-0.4, -0.2) is 17.0 Å². The van der Waals surface area contributed by atoms with Crippen molar-refractivity contribution in [2.24, 2.45) is 5.92 Å². The maximum absolute atomic E-state index is 11.8. The van der Waals surface area contributed by atoms with Crippen LogP contribution < -0.4 is 10.1 Å². The van der Waals surface area contributed by atoms with Gasteiger partial charge in [-0.1, -0.05) is 12.1 Å². The third-order valence-electron chi connectivity index (χ3n) is 3.14. The Labute approximate surface area is 125 Å². The Bertz CT molecular complexity index is 690. The van der Waals surface area contributed by atoms with Crippen LogP contribution in [0, 0.1) is 5.92 Å². The van der Waals surface area contributed by atoms with Crippen molar-refractivity contribution in [2.75, 3.05) is 5.32 Å². The minimum absolute atomic E-state index is 0.0187.